The lowest BCUT2D eigenvalue weighted by Crippen LogP contribution is -2.39. The molecule has 3 N–H and O–H groups in total. The molecule has 0 rings (SSSR count). The summed E-state index contributed by atoms with van der Waals surface area (Å²) >= 11 is 0. The van der Waals surface area contributed by atoms with Gasteiger partial charge in [0.15, 0.2) is 0 Å². The fourth-order valence-corrected chi connectivity index (χ4v) is 3.29. The molecule has 0 aliphatic rings. The summed E-state index contributed by atoms with van der Waals surface area (Å²) in [6, 6.07) is 0.533. The normalized spacial score (nSPS) is 12.5. The first-order valence-electron chi connectivity index (χ1n) is 10.9. The molecule has 156 valence electrons. The second kappa shape index (κ2) is 19.1. The van der Waals surface area contributed by atoms with Gasteiger partial charge in [-0.25, -0.2) is 0 Å². The van der Waals surface area contributed by atoms with Crippen LogP contribution in [0.15, 0.2) is 0 Å². The molecule has 5 nitrogen and oxygen atoms in total. The molecule has 0 aromatic heterocycles. The summed E-state index contributed by atoms with van der Waals surface area (Å²) in [4.78, 5) is 14.0. The fraction of sp³-hybridized carbons (Fsp3) is 0.952. The van der Waals surface area contributed by atoms with E-state index >= 15 is 0 Å². The molecule has 0 spiro atoms. The Bertz CT molecular complexity index is 314. The zero-order valence-electron chi connectivity index (χ0n) is 17.4. The number of aliphatic hydroxyl groups is 1. The van der Waals surface area contributed by atoms with E-state index in [0.717, 1.165) is 64.5 Å². The number of hydrogen-bond donors (Lipinski definition) is 2. The highest BCUT2D eigenvalue weighted by Crippen LogP contribution is 2.17. The van der Waals surface area contributed by atoms with Crippen molar-refractivity contribution in [2.75, 3.05) is 32.8 Å². The predicted octanol–water partition coefficient (Wildman–Crippen LogP) is 3.87. The van der Waals surface area contributed by atoms with E-state index in [9.17, 15) is 9.90 Å². The summed E-state index contributed by atoms with van der Waals surface area (Å²) < 4.78 is 5.30. The van der Waals surface area contributed by atoms with Gasteiger partial charge in [-0.05, 0) is 45.2 Å². The van der Waals surface area contributed by atoms with Crippen LogP contribution in [-0.2, 0) is 9.53 Å². The number of hydrogen-bond acceptors (Lipinski definition) is 5. The third-order valence-electron chi connectivity index (χ3n) is 4.87. The molecule has 0 saturated heterocycles. The van der Waals surface area contributed by atoms with Crippen molar-refractivity contribution in [2.24, 2.45) is 5.73 Å². The number of aliphatic hydroxyl groups excluding tert-OH is 1. The van der Waals surface area contributed by atoms with E-state index in [0.29, 0.717) is 25.6 Å². The first-order chi connectivity index (χ1) is 12.7. The Kier molecular flexibility index (Phi) is 18.6. The second-order valence-electron chi connectivity index (χ2n) is 7.22. The van der Waals surface area contributed by atoms with E-state index in [4.69, 9.17) is 10.5 Å². The molecule has 1 atom stereocenters. The molecule has 26 heavy (non-hydrogen) atoms. The molecule has 0 fully saturated rings. The topological polar surface area (TPSA) is 75.8 Å². The molecule has 0 aliphatic heterocycles. The average Bonchev–Trinajstić information content (AvgIpc) is 2.64. The Hall–Kier alpha value is -0.650. The van der Waals surface area contributed by atoms with Crippen LogP contribution in [0.3, 0.4) is 0 Å². The Morgan fingerprint density at radius 2 is 1.69 bits per heavy atom. The SMILES string of the molecule is CCCCCC(=O)OCCCCCC(CCCC)N(CCO)CCCN. The number of carbonyl (C=O) groups excluding carboxylic acids is 1. The Morgan fingerprint density at radius 3 is 2.35 bits per heavy atom. The molecular weight excluding hydrogens is 328 g/mol. The molecule has 1 unspecified atom stereocenters. The van der Waals surface area contributed by atoms with E-state index in [-0.39, 0.29) is 12.6 Å². The average molecular weight is 373 g/mol. The Labute approximate surface area is 161 Å². The van der Waals surface area contributed by atoms with Gasteiger partial charge in [-0.1, -0.05) is 52.4 Å². The number of carbonyl (C=O) groups is 1. The van der Waals surface area contributed by atoms with Gasteiger partial charge in [-0.2, -0.15) is 0 Å². The second-order valence-corrected chi connectivity index (χ2v) is 7.22. The van der Waals surface area contributed by atoms with Crippen molar-refractivity contribution >= 4 is 5.97 Å². The smallest absolute Gasteiger partial charge is 0.305 e. The molecule has 0 aromatic rings. The number of nitrogens with zero attached hydrogens (tertiary/aromatic N) is 1. The zero-order chi connectivity index (χ0) is 19.5. The maximum absolute atomic E-state index is 11.6. The molecule has 0 amide bonds. The van der Waals surface area contributed by atoms with Gasteiger partial charge in [0.2, 0.25) is 0 Å². The van der Waals surface area contributed by atoms with Crippen molar-refractivity contribution in [1.29, 1.82) is 0 Å². The summed E-state index contributed by atoms with van der Waals surface area (Å²) in [5, 5.41) is 9.36. The lowest BCUT2D eigenvalue weighted by atomic mass is 10.0. The minimum atomic E-state index is -0.0461. The summed E-state index contributed by atoms with van der Waals surface area (Å²) in [5.41, 5.74) is 5.66. The van der Waals surface area contributed by atoms with Gasteiger partial charge in [-0.15, -0.1) is 0 Å². The standard InChI is InChI=1S/C21H44N2O3/c1-3-5-8-14-21(25)26-19-10-7-9-13-20(12-6-4-2)23(17-18-24)16-11-15-22/h20,24H,3-19,22H2,1-2H3. The van der Waals surface area contributed by atoms with Crippen LogP contribution in [0, 0.1) is 0 Å². The van der Waals surface area contributed by atoms with Crippen molar-refractivity contribution in [3.63, 3.8) is 0 Å². The highest BCUT2D eigenvalue weighted by Gasteiger charge is 2.17. The van der Waals surface area contributed by atoms with Crippen LogP contribution in [0.5, 0.6) is 0 Å². The predicted molar refractivity (Wildman–Crippen MR) is 109 cm³/mol. The van der Waals surface area contributed by atoms with Gasteiger partial charge in [0.05, 0.1) is 13.2 Å². The number of ether oxygens (including phenoxy) is 1. The number of unbranched alkanes of at least 4 members (excludes halogenated alkanes) is 5. The van der Waals surface area contributed by atoms with Gasteiger partial charge < -0.3 is 15.6 Å². The van der Waals surface area contributed by atoms with Crippen LogP contribution in [0.2, 0.25) is 0 Å². The lowest BCUT2D eigenvalue weighted by molar-refractivity contribution is -0.143. The van der Waals surface area contributed by atoms with Crippen molar-refractivity contribution in [3.05, 3.63) is 0 Å². The molecule has 5 heteroatoms. The van der Waals surface area contributed by atoms with Gasteiger partial charge in [-0.3, -0.25) is 9.69 Å². The molecule has 0 aliphatic carbocycles. The van der Waals surface area contributed by atoms with Crippen molar-refractivity contribution < 1.29 is 14.6 Å². The summed E-state index contributed by atoms with van der Waals surface area (Å²) in [6.45, 7) is 7.54. The monoisotopic (exact) mass is 372 g/mol. The number of nitrogens with two attached hydrogens (primary N) is 1. The first kappa shape index (κ1) is 25.4. The zero-order valence-corrected chi connectivity index (χ0v) is 17.4. The van der Waals surface area contributed by atoms with E-state index in [1.165, 1.54) is 19.3 Å². The van der Waals surface area contributed by atoms with E-state index < -0.39 is 0 Å². The molecule has 0 aromatic carbocycles. The van der Waals surface area contributed by atoms with Crippen LogP contribution >= 0.6 is 0 Å². The highest BCUT2D eigenvalue weighted by atomic mass is 16.5. The Balaban J connectivity index is 4.02. The third-order valence-corrected chi connectivity index (χ3v) is 4.87. The van der Waals surface area contributed by atoms with Gasteiger partial charge in [0.1, 0.15) is 0 Å². The van der Waals surface area contributed by atoms with E-state index in [1.54, 1.807) is 0 Å². The van der Waals surface area contributed by atoms with Gasteiger partial charge in [0.25, 0.3) is 0 Å². The van der Waals surface area contributed by atoms with Crippen LogP contribution in [0.4, 0.5) is 0 Å². The van der Waals surface area contributed by atoms with Crippen molar-refractivity contribution in [1.82, 2.24) is 4.90 Å². The number of esters is 1. The van der Waals surface area contributed by atoms with Crippen molar-refractivity contribution in [2.45, 2.75) is 96.9 Å². The highest BCUT2D eigenvalue weighted by molar-refractivity contribution is 5.69. The van der Waals surface area contributed by atoms with E-state index in [1.807, 2.05) is 0 Å². The summed E-state index contributed by atoms with van der Waals surface area (Å²) in [6.07, 6.45) is 12.7. The summed E-state index contributed by atoms with van der Waals surface area (Å²) in [5.74, 6) is -0.0461. The van der Waals surface area contributed by atoms with E-state index in [2.05, 4.69) is 18.7 Å². The van der Waals surface area contributed by atoms with Crippen LogP contribution in [-0.4, -0.2) is 54.9 Å². The lowest BCUT2D eigenvalue weighted by Gasteiger charge is -2.31. The van der Waals surface area contributed by atoms with Crippen LogP contribution in [0.25, 0.3) is 0 Å². The largest absolute Gasteiger partial charge is 0.466 e. The maximum atomic E-state index is 11.6. The number of rotatable bonds is 19. The molecule has 0 radical (unpaired) electrons. The van der Waals surface area contributed by atoms with Gasteiger partial charge in [0, 0.05) is 19.0 Å². The molecule has 0 saturated carbocycles. The Morgan fingerprint density at radius 1 is 0.962 bits per heavy atom. The fourth-order valence-electron chi connectivity index (χ4n) is 3.29. The first-order valence-corrected chi connectivity index (χ1v) is 10.9. The quantitative estimate of drug-likeness (QED) is 0.266. The van der Waals surface area contributed by atoms with Crippen molar-refractivity contribution in [3.8, 4) is 0 Å². The summed E-state index contributed by atoms with van der Waals surface area (Å²) in [7, 11) is 0. The molecular formula is C21H44N2O3. The van der Waals surface area contributed by atoms with Crippen LogP contribution < -0.4 is 5.73 Å². The minimum Gasteiger partial charge on any atom is -0.466 e. The minimum absolute atomic E-state index is 0.0461. The van der Waals surface area contributed by atoms with Crippen LogP contribution in [0.1, 0.15) is 90.9 Å². The van der Waals surface area contributed by atoms with Gasteiger partial charge >= 0.3 is 5.97 Å². The third kappa shape index (κ3) is 14.5. The molecule has 0 heterocycles. The molecule has 0 bridgehead atoms. The maximum Gasteiger partial charge on any atom is 0.305 e.